The highest BCUT2D eigenvalue weighted by Gasteiger charge is 2.26. The van der Waals surface area contributed by atoms with Gasteiger partial charge in [0.25, 0.3) is 0 Å². The Labute approximate surface area is 378 Å². The summed E-state index contributed by atoms with van der Waals surface area (Å²) in [7, 11) is -4.41. The van der Waals surface area contributed by atoms with E-state index >= 15 is 0 Å². The number of aliphatic hydroxyl groups excluding tert-OH is 1. The smallest absolute Gasteiger partial charge is 0.462 e. The largest absolute Gasteiger partial charge is 0.472 e. The molecule has 2 unspecified atom stereocenters. The van der Waals surface area contributed by atoms with Crippen molar-refractivity contribution in [3.63, 3.8) is 0 Å². The van der Waals surface area contributed by atoms with Gasteiger partial charge in [-0.3, -0.25) is 18.6 Å². The highest BCUT2D eigenvalue weighted by molar-refractivity contribution is 7.47. The maximum atomic E-state index is 12.6. The fourth-order valence-corrected chi connectivity index (χ4v) is 7.33. The Morgan fingerprint density at radius 3 is 1.63 bits per heavy atom. The predicted molar refractivity (Wildman–Crippen MR) is 258 cm³/mol. The summed E-state index contributed by atoms with van der Waals surface area (Å²) < 4.78 is 32.8. The van der Waals surface area contributed by atoms with Gasteiger partial charge in [0.15, 0.2) is 6.10 Å². The van der Waals surface area contributed by atoms with Crippen molar-refractivity contribution in [2.45, 2.75) is 212 Å². The Morgan fingerprint density at radius 1 is 0.581 bits per heavy atom. The second kappa shape index (κ2) is 46.4. The molecule has 3 atom stereocenters. The Kier molecular flexibility index (Phi) is 44.5. The minimum atomic E-state index is -4.41. The number of phosphoric acid groups is 1. The van der Waals surface area contributed by atoms with Crippen molar-refractivity contribution >= 4 is 19.8 Å². The zero-order valence-electron chi connectivity index (χ0n) is 39.2. The van der Waals surface area contributed by atoms with Gasteiger partial charge in [0.1, 0.15) is 6.61 Å². The van der Waals surface area contributed by atoms with Crippen molar-refractivity contribution in [1.29, 1.82) is 0 Å². The molecule has 0 heterocycles. The van der Waals surface area contributed by atoms with Crippen LogP contribution in [0, 0.1) is 0 Å². The first-order valence-corrected chi connectivity index (χ1v) is 26.0. The molecule has 0 aliphatic heterocycles. The number of aliphatic hydroxyl groups is 1. The molecule has 0 aromatic rings. The maximum absolute atomic E-state index is 12.6. The monoisotopic (exact) mass is 892 g/mol. The fourth-order valence-electron chi connectivity index (χ4n) is 6.57. The highest BCUT2D eigenvalue weighted by atomic mass is 31.2. The third kappa shape index (κ3) is 45.4. The summed E-state index contributed by atoms with van der Waals surface area (Å²) in [6.07, 6.45) is 54.1. The molecule has 0 radical (unpaired) electrons. The average Bonchev–Trinajstić information content (AvgIpc) is 3.26. The van der Waals surface area contributed by atoms with Crippen molar-refractivity contribution in [3.05, 3.63) is 72.9 Å². The molecule has 0 aromatic carbocycles. The molecule has 0 aliphatic rings. The molecule has 0 aliphatic carbocycles. The standard InChI is InChI=1S/C51H90NO9P/c1-3-5-7-9-11-12-13-14-15-16-17-18-19-20-21-22-23-28-31-35-39-43-51(55)61-49(47-60-62(56,57)59-45-44-52)46-58-50(54)42-38-34-30-27-25-24-26-29-33-37-41-48(53)40-36-32-10-8-6-4-2/h6,8,24-25,29-30,32-34,36-37,41,48-49,53H,3-5,7,9-23,26-28,31,35,38-40,42-47,52H2,1-2H3,(H,56,57)/b8-6-,25-24-,33-29-,34-30-,36-32-,41-37+/t48?,49-/m1/s1. The number of carbonyl (C=O) groups is 2. The fraction of sp³-hybridized carbons (Fsp3) is 0.725. The van der Waals surface area contributed by atoms with E-state index in [9.17, 15) is 24.2 Å². The van der Waals surface area contributed by atoms with E-state index in [2.05, 4.69) is 32.1 Å². The molecule has 62 heavy (non-hydrogen) atoms. The first kappa shape index (κ1) is 59.4. The van der Waals surface area contributed by atoms with E-state index in [1.165, 1.54) is 109 Å². The number of hydrogen-bond acceptors (Lipinski definition) is 9. The first-order chi connectivity index (χ1) is 30.2. The number of hydrogen-bond donors (Lipinski definition) is 3. The Hall–Kier alpha value is -2.59. The van der Waals surface area contributed by atoms with Gasteiger partial charge in [-0.25, -0.2) is 4.57 Å². The molecule has 0 saturated heterocycles. The molecule has 0 saturated carbocycles. The molecule has 358 valence electrons. The summed E-state index contributed by atoms with van der Waals surface area (Å²) in [5, 5.41) is 10.0. The van der Waals surface area contributed by atoms with Crippen LogP contribution in [-0.2, 0) is 32.7 Å². The predicted octanol–water partition coefficient (Wildman–Crippen LogP) is 13.6. The van der Waals surface area contributed by atoms with Crippen molar-refractivity contribution in [2.75, 3.05) is 26.4 Å². The SMILES string of the molecule is CC/C=C\C/C=C\CC(O)/C=C/C=C\C/C=C\C/C=C\CCC(=O)OC[C@H](COP(=O)(O)OCCN)OC(=O)CCCCCCCCCCCCCCCCCCCCCCC. The van der Waals surface area contributed by atoms with E-state index in [1.54, 1.807) is 6.08 Å². The number of esters is 2. The van der Waals surface area contributed by atoms with E-state index in [1.807, 2.05) is 48.6 Å². The third-order valence-electron chi connectivity index (χ3n) is 10.2. The molecule has 4 N–H and O–H groups in total. The number of unbranched alkanes of at least 4 members (excludes halogenated alkanes) is 20. The van der Waals surface area contributed by atoms with Crippen LogP contribution in [0.25, 0.3) is 0 Å². The minimum absolute atomic E-state index is 0.0342. The van der Waals surface area contributed by atoms with E-state index in [0.29, 0.717) is 19.3 Å². The zero-order valence-corrected chi connectivity index (χ0v) is 40.1. The number of rotatable bonds is 45. The van der Waals surface area contributed by atoms with Crippen molar-refractivity contribution in [2.24, 2.45) is 5.73 Å². The minimum Gasteiger partial charge on any atom is -0.462 e. The van der Waals surface area contributed by atoms with Gasteiger partial charge < -0.3 is 25.2 Å². The Bertz CT molecular complexity index is 1260. The van der Waals surface area contributed by atoms with Gasteiger partial charge >= 0.3 is 19.8 Å². The lowest BCUT2D eigenvalue weighted by molar-refractivity contribution is -0.161. The van der Waals surface area contributed by atoms with E-state index < -0.39 is 38.6 Å². The Morgan fingerprint density at radius 2 is 1.08 bits per heavy atom. The van der Waals surface area contributed by atoms with Crippen LogP contribution in [0.5, 0.6) is 0 Å². The molecular weight excluding hydrogens is 802 g/mol. The summed E-state index contributed by atoms with van der Waals surface area (Å²) in [5.41, 5.74) is 5.35. The average molecular weight is 892 g/mol. The zero-order chi connectivity index (χ0) is 45.5. The number of nitrogens with two attached hydrogens (primary N) is 1. The lowest BCUT2D eigenvalue weighted by atomic mass is 10.0. The first-order valence-electron chi connectivity index (χ1n) is 24.5. The number of allylic oxidation sites excluding steroid dienone is 10. The van der Waals surface area contributed by atoms with Crippen LogP contribution in [0.15, 0.2) is 72.9 Å². The molecular formula is C51H90NO9P. The molecule has 0 bridgehead atoms. The van der Waals surface area contributed by atoms with Gasteiger partial charge in [0, 0.05) is 19.4 Å². The van der Waals surface area contributed by atoms with Crippen LogP contribution in [0.4, 0.5) is 0 Å². The summed E-state index contributed by atoms with van der Waals surface area (Å²) in [4.78, 5) is 35.0. The van der Waals surface area contributed by atoms with E-state index in [4.69, 9.17) is 24.3 Å². The van der Waals surface area contributed by atoms with Crippen LogP contribution in [0.1, 0.15) is 200 Å². The summed E-state index contributed by atoms with van der Waals surface area (Å²) in [5.74, 6) is -0.954. The van der Waals surface area contributed by atoms with Crippen molar-refractivity contribution in [3.8, 4) is 0 Å². The number of phosphoric ester groups is 1. The maximum Gasteiger partial charge on any atom is 0.472 e. The lowest BCUT2D eigenvalue weighted by Gasteiger charge is -2.19. The van der Waals surface area contributed by atoms with E-state index in [0.717, 1.165) is 44.9 Å². The third-order valence-corrected chi connectivity index (χ3v) is 11.2. The van der Waals surface area contributed by atoms with Crippen LogP contribution >= 0.6 is 7.82 Å². The van der Waals surface area contributed by atoms with Gasteiger partial charge in [-0.05, 0) is 44.9 Å². The van der Waals surface area contributed by atoms with Crippen LogP contribution in [-0.4, -0.2) is 60.5 Å². The summed E-state index contributed by atoms with van der Waals surface area (Å²) >= 11 is 0. The summed E-state index contributed by atoms with van der Waals surface area (Å²) in [6.45, 7) is 3.47. The van der Waals surface area contributed by atoms with Gasteiger partial charge in [-0.15, -0.1) is 0 Å². The Balaban J connectivity index is 4.22. The van der Waals surface area contributed by atoms with Crippen LogP contribution in [0.3, 0.4) is 0 Å². The van der Waals surface area contributed by atoms with Crippen molar-refractivity contribution in [1.82, 2.24) is 0 Å². The topological polar surface area (TPSA) is 155 Å². The molecule has 0 amide bonds. The second-order valence-electron chi connectivity index (χ2n) is 16.2. The molecule has 0 spiro atoms. The second-order valence-corrected chi connectivity index (χ2v) is 17.6. The molecule has 10 nitrogen and oxygen atoms in total. The molecule has 11 heteroatoms. The molecule has 0 fully saturated rings. The van der Waals surface area contributed by atoms with Crippen LogP contribution in [0.2, 0.25) is 0 Å². The van der Waals surface area contributed by atoms with Gasteiger partial charge in [0.05, 0.1) is 19.3 Å². The summed E-state index contributed by atoms with van der Waals surface area (Å²) in [6, 6.07) is 0. The quantitative estimate of drug-likeness (QED) is 0.0177. The van der Waals surface area contributed by atoms with E-state index in [-0.39, 0.29) is 32.6 Å². The lowest BCUT2D eigenvalue weighted by Crippen LogP contribution is -2.29. The number of carbonyl (C=O) groups excluding carboxylic acids is 2. The van der Waals surface area contributed by atoms with Gasteiger partial charge in [0.2, 0.25) is 0 Å². The number of ether oxygens (including phenoxy) is 2. The van der Waals surface area contributed by atoms with Crippen molar-refractivity contribution < 1.29 is 42.7 Å². The molecule has 0 rings (SSSR count). The van der Waals surface area contributed by atoms with Gasteiger partial charge in [-0.1, -0.05) is 215 Å². The van der Waals surface area contributed by atoms with Gasteiger partial charge in [-0.2, -0.15) is 0 Å². The normalized spacial score (nSPS) is 14.3. The molecule has 0 aromatic heterocycles. The van der Waals surface area contributed by atoms with Crippen LogP contribution < -0.4 is 5.73 Å². The highest BCUT2D eigenvalue weighted by Crippen LogP contribution is 2.43.